The van der Waals surface area contributed by atoms with E-state index in [-0.39, 0.29) is 6.42 Å². The van der Waals surface area contributed by atoms with Crippen LogP contribution in [-0.2, 0) is 4.79 Å². The molecule has 3 nitrogen and oxygen atoms in total. The van der Waals surface area contributed by atoms with Crippen molar-refractivity contribution >= 4 is 5.97 Å². The zero-order valence-corrected chi connectivity index (χ0v) is 5.13. The molecule has 5 heteroatoms. The highest BCUT2D eigenvalue weighted by atomic mass is 19.4. The van der Waals surface area contributed by atoms with Crippen molar-refractivity contribution in [2.75, 3.05) is 0 Å². The van der Waals surface area contributed by atoms with E-state index in [9.17, 15) is 13.8 Å². The van der Waals surface area contributed by atoms with Crippen LogP contribution in [0.4, 0.5) is 8.96 Å². The van der Waals surface area contributed by atoms with E-state index >= 15 is 0 Å². The molecule has 0 amide bonds. The molecular formula is C5H7F2NO2. The first kappa shape index (κ1) is 9.03. The molecule has 0 radical (unpaired) electrons. The van der Waals surface area contributed by atoms with Gasteiger partial charge in [0.25, 0.3) is 0 Å². The lowest BCUT2D eigenvalue weighted by Gasteiger charge is -2.07. The summed E-state index contributed by atoms with van der Waals surface area (Å²) in [6.45, 7) is 3.14. The Labute approximate surface area is 56.4 Å². The fourth-order valence-electron chi connectivity index (χ4n) is 0.422. The molecule has 0 fully saturated rings. The molecule has 58 valence electrons. The number of halogens is 2. The molecule has 1 unspecified atom stereocenters. The number of carboxylic acids is 1. The van der Waals surface area contributed by atoms with Crippen LogP contribution < -0.4 is 0 Å². The summed E-state index contributed by atoms with van der Waals surface area (Å²) in [5, 5.41) is 6.76. The normalized spacial score (nSPS) is 13.1. The topological polar surface area (TPSA) is 40.5 Å². The van der Waals surface area contributed by atoms with Crippen LogP contribution in [0.3, 0.4) is 0 Å². The van der Waals surface area contributed by atoms with Gasteiger partial charge < -0.3 is 5.11 Å². The molecule has 0 aliphatic heterocycles. The molecule has 0 aliphatic rings. The number of hydrogen-bond donors (Lipinski definition) is 1. The van der Waals surface area contributed by atoms with Crippen molar-refractivity contribution < 1.29 is 18.9 Å². The van der Waals surface area contributed by atoms with Crippen LogP contribution in [0, 0.1) is 0 Å². The number of rotatable bonds is 4. The molecule has 1 atom stereocenters. The van der Waals surface area contributed by atoms with Crippen LogP contribution in [0.1, 0.15) is 6.42 Å². The van der Waals surface area contributed by atoms with Crippen LogP contribution in [0.2, 0.25) is 0 Å². The van der Waals surface area contributed by atoms with E-state index in [0.29, 0.717) is 0 Å². The molecule has 0 aromatic rings. The molecule has 10 heavy (non-hydrogen) atoms. The zero-order chi connectivity index (χ0) is 8.15. The Morgan fingerprint density at radius 2 is 2.30 bits per heavy atom. The molecule has 0 bridgehead atoms. The van der Waals surface area contributed by atoms with Crippen LogP contribution >= 0.6 is 0 Å². The van der Waals surface area contributed by atoms with E-state index in [0.717, 1.165) is 6.08 Å². The smallest absolute Gasteiger partial charge is 0.326 e. The average molecular weight is 151 g/mol. The predicted octanol–water partition coefficient (Wildman–Crippen LogP) is 1.09. The Morgan fingerprint density at radius 1 is 1.80 bits per heavy atom. The second-order valence-corrected chi connectivity index (χ2v) is 1.64. The Hall–Kier alpha value is -0.970. The highest BCUT2D eigenvalue weighted by molar-refractivity contribution is 5.73. The van der Waals surface area contributed by atoms with Gasteiger partial charge in [0.2, 0.25) is 0 Å². The van der Waals surface area contributed by atoms with Gasteiger partial charge in [-0.1, -0.05) is 6.08 Å². The van der Waals surface area contributed by atoms with Gasteiger partial charge in [-0.3, -0.25) is 4.79 Å². The number of nitrogens with zero attached hydrogens (tertiary/aromatic N) is 1. The van der Waals surface area contributed by atoms with Gasteiger partial charge in [0.05, 0.1) is 0 Å². The highest BCUT2D eigenvalue weighted by Gasteiger charge is 2.24. The van der Waals surface area contributed by atoms with Crippen molar-refractivity contribution in [2.45, 2.75) is 12.5 Å². The Bertz CT molecular complexity index is 138. The van der Waals surface area contributed by atoms with Crippen molar-refractivity contribution in [1.82, 2.24) is 5.34 Å². The van der Waals surface area contributed by atoms with Crippen LogP contribution in [-0.4, -0.2) is 22.5 Å². The van der Waals surface area contributed by atoms with Gasteiger partial charge in [-0.05, 0) is 6.42 Å². The first-order valence-electron chi connectivity index (χ1n) is 2.54. The largest absolute Gasteiger partial charge is 0.480 e. The van der Waals surface area contributed by atoms with Gasteiger partial charge in [0.1, 0.15) is 0 Å². The summed E-state index contributed by atoms with van der Waals surface area (Å²) >= 11 is 0. The Kier molecular flexibility index (Phi) is 3.56. The van der Waals surface area contributed by atoms with Gasteiger partial charge in [0, 0.05) is 5.34 Å². The number of carbonyl (C=O) groups is 1. The molecule has 0 spiro atoms. The molecule has 0 aromatic carbocycles. The molecule has 0 heterocycles. The quantitative estimate of drug-likeness (QED) is 0.483. The van der Waals surface area contributed by atoms with E-state index in [4.69, 9.17) is 5.11 Å². The third kappa shape index (κ3) is 2.54. The maximum atomic E-state index is 11.5. The summed E-state index contributed by atoms with van der Waals surface area (Å²) in [4.78, 5) is 9.96. The SMILES string of the molecule is C=CCC(C(=O)O)N(F)F. The van der Waals surface area contributed by atoms with E-state index < -0.39 is 17.4 Å². The van der Waals surface area contributed by atoms with Crippen molar-refractivity contribution in [1.29, 1.82) is 0 Å². The molecule has 0 saturated heterocycles. The van der Waals surface area contributed by atoms with E-state index in [1.807, 2.05) is 0 Å². The monoisotopic (exact) mass is 151 g/mol. The minimum Gasteiger partial charge on any atom is -0.480 e. The standard InChI is InChI=1S/C5H7F2NO2/c1-2-3-4(5(9)10)8(6)7/h2,4H,1,3H2,(H,9,10). The second kappa shape index (κ2) is 3.94. The molecule has 0 aromatic heterocycles. The number of aliphatic carboxylic acids is 1. The fraction of sp³-hybridized carbons (Fsp3) is 0.400. The van der Waals surface area contributed by atoms with Gasteiger partial charge in [0.15, 0.2) is 6.04 Å². The van der Waals surface area contributed by atoms with Gasteiger partial charge >= 0.3 is 5.97 Å². The van der Waals surface area contributed by atoms with Crippen LogP contribution in [0.15, 0.2) is 12.7 Å². The summed E-state index contributed by atoms with van der Waals surface area (Å²) in [7, 11) is 0. The van der Waals surface area contributed by atoms with E-state index in [1.54, 1.807) is 0 Å². The Balaban J connectivity index is 3.97. The molecule has 0 rings (SSSR count). The number of carboxylic acid groups (broad SMARTS) is 1. The molecule has 1 N–H and O–H groups in total. The summed E-state index contributed by atoms with van der Waals surface area (Å²) in [6.07, 6.45) is 0.868. The van der Waals surface area contributed by atoms with Gasteiger partial charge in [-0.2, -0.15) is 0 Å². The number of hydrogen-bond acceptors (Lipinski definition) is 2. The lowest BCUT2D eigenvalue weighted by molar-refractivity contribution is -0.200. The predicted molar refractivity (Wildman–Crippen MR) is 30.3 cm³/mol. The van der Waals surface area contributed by atoms with E-state index in [2.05, 4.69) is 6.58 Å². The molecular weight excluding hydrogens is 144 g/mol. The minimum absolute atomic E-state index is 0.262. The summed E-state index contributed by atoms with van der Waals surface area (Å²) in [6, 6.07) is -1.77. The third-order valence-corrected chi connectivity index (χ3v) is 0.911. The second-order valence-electron chi connectivity index (χ2n) is 1.64. The third-order valence-electron chi connectivity index (χ3n) is 0.911. The van der Waals surface area contributed by atoms with Gasteiger partial charge in [-0.25, -0.2) is 0 Å². The summed E-state index contributed by atoms with van der Waals surface area (Å²) < 4.78 is 23.1. The summed E-state index contributed by atoms with van der Waals surface area (Å²) in [5.41, 5.74) is 0. The zero-order valence-electron chi connectivity index (χ0n) is 5.13. The van der Waals surface area contributed by atoms with Crippen molar-refractivity contribution in [3.8, 4) is 0 Å². The highest BCUT2D eigenvalue weighted by Crippen LogP contribution is 2.05. The van der Waals surface area contributed by atoms with Crippen molar-refractivity contribution in [3.63, 3.8) is 0 Å². The summed E-state index contributed by atoms with van der Waals surface area (Å²) in [5.74, 6) is -1.55. The first-order chi connectivity index (χ1) is 4.59. The first-order valence-corrected chi connectivity index (χ1v) is 2.54. The minimum atomic E-state index is -1.77. The molecule has 0 aliphatic carbocycles. The Morgan fingerprint density at radius 3 is 2.40 bits per heavy atom. The van der Waals surface area contributed by atoms with Crippen LogP contribution in [0.25, 0.3) is 0 Å². The van der Waals surface area contributed by atoms with Crippen molar-refractivity contribution in [3.05, 3.63) is 12.7 Å². The average Bonchev–Trinajstić information content (AvgIpc) is 1.81. The fourth-order valence-corrected chi connectivity index (χ4v) is 0.422. The van der Waals surface area contributed by atoms with Gasteiger partial charge in [-0.15, -0.1) is 15.5 Å². The lowest BCUT2D eigenvalue weighted by Crippen LogP contribution is -2.29. The van der Waals surface area contributed by atoms with E-state index in [1.165, 1.54) is 0 Å². The van der Waals surface area contributed by atoms with Crippen LogP contribution in [0.5, 0.6) is 0 Å². The lowest BCUT2D eigenvalue weighted by atomic mass is 10.2. The maximum absolute atomic E-state index is 11.5. The van der Waals surface area contributed by atoms with Crippen molar-refractivity contribution in [2.24, 2.45) is 0 Å². The molecule has 0 saturated carbocycles. The maximum Gasteiger partial charge on any atom is 0.326 e.